The molecular weight excluding hydrogens is 230 g/mol. The van der Waals surface area contributed by atoms with E-state index in [0.29, 0.717) is 11.8 Å². The molecule has 1 aromatic carbocycles. The molecule has 0 aliphatic heterocycles. The number of ether oxygens (including phenoxy) is 1. The summed E-state index contributed by atoms with van der Waals surface area (Å²) in [5, 5.41) is 12.3. The van der Waals surface area contributed by atoms with Crippen molar-refractivity contribution in [3.63, 3.8) is 0 Å². The topological polar surface area (TPSA) is 58.6 Å². The van der Waals surface area contributed by atoms with E-state index in [-0.39, 0.29) is 0 Å². The molecule has 0 bridgehead atoms. The Morgan fingerprint density at radius 2 is 2.28 bits per heavy atom. The van der Waals surface area contributed by atoms with Gasteiger partial charge in [-0.05, 0) is 32.3 Å². The molecule has 98 valence electrons. The number of carbonyl (C=O) groups is 1. The highest BCUT2D eigenvalue weighted by Gasteiger charge is 2.21. The molecule has 0 aromatic heterocycles. The van der Waals surface area contributed by atoms with E-state index in [1.165, 1.54) is 12.8 Å². The molecule has 2 rings (SSSR count). The van der Waals surface area contributed by atoms with Crippen LogP contribution in [0.3, 0.4) is 0 Å². The van der Waals surface area contributed by atoms with Crippen LogP contribution in [0.2, 0.25) is 0 Å². The van der Waals surface area contributed by atoms with Crippen LogP contribution in [-0.4, -0.2) is 23.2 Å². The number of carboxylic acid groups (broad SMARTS) is 1. The summed E-state index contributed by atoms with van der Waals surface area (Å²) >= 11 is 0. The van der Waals surface area contributed by atoms with Gasteiger partial charge in [0.25, 0.3) is 0 Å². The first-order chi connectivity index (χ1) is 8.58. The summed E-state index contributed by atoms with van der Waals surface area (Å²) in [5.41, 5.74) is 1.99. The lowest BCUT2D eigenvalue weighted by Gasteiger charge is -2.17. The normalized spacial score (nSPS) is 16.3. The molecular formula is C14H19NO3. The van der Waals surface area contributed by atoms with Crippen molar-refractivity contribution in [2.45, 2.75) is 45.4 Å². The van der Waals surface area contributed by atoms with E-state index in [0.717, 1.165) is 17.7 Å². The fourth-order valence-electron chi connectivity index (χ4n) is 1.79. The van der Waals surface area contributed by atoms with E-state index in [1.54, 1.807) is 6.92 Å². The zero-order chi connectivity index (χ0) is 13.1. The molecule has 0 radical (unpaired) electrons. The maximum absolute atomic E-state index is 10.9. The van der Waals surface area contributed by atoms with Crippen molar-refractivity contribution in [1.82, 2.24) is 5.32 Å². The monoisotopic (exact) mass is 249 g/mol. The van der Waals surface area contributed by atoms with Gasteiger partial charge in [0.2, 0.25) is 0 Å². The van der Waals surface area contributed by atoms with Crippen LogP contribution in [-0.2, 0) is 11.3 Å². The van der Waals surface area contributed by atoms with Crippen LogP contribution >= 0.6 is 0 Å². The van der Waals surface area contributed by atoms with Crippen molar-refractivity contribution in [3.8, 4) is 5.75 Å². The number of para-hydroxylation sites is 1. The smallest absolute Gasteiger partial charge is 0.344 e. The van der Waals surface area contributed by atoms with E-state index in [4.69, 9.17) is 9.84 Å². The molecule has 1 saturated carbocycles. The van der Waals surface area contributed by atoms with E-state index < -0.39 is 12.1 Å². The minimum atomic E-state index is -0.945. The molecule has 1 aliphatic rings. The summed E-state index contributed by atoms with van der Waals surface area (Å²) in [7, 11) is 0. The zero-order valence-electron chi connectivity index (χ0n) is 10.8. The number of rotatable bonds is 6. The first-order valence-electron chi connectivity index (χ1n) is 6.29. The predicted octanol–water partition coefficient (Wildman–Crippen LogP) is 2.10. The van der Waals surface area contributed by atoms with Gasteiger partial charge in [0.1, 0.15) is 5.75 Å². The third-order valence-electron chi connectivity index (χ3n) is 3.09. The maximum Gasteiger partial charge on any atom is 0.344 e. The van der Waals surface area contributed by atoms with Gasteiger partial charge < -0.3 is 15.2 Å². The van der Waals surface area contributed by atoms with Gasteiger partial charge in [-0.2, -0.15) is 0 Å². The van der Waals surface area contributed by atoms with Crippen LogP contribution in [0.4, 0.5) is 0 Å². The third kappa shape index (κ3) is 3.23. The highest BCUT2D eigenvalue weighted by Crippen LogP contribution is 2.26. The fourth-order valence-corrected chi connectivity index (χ4v) is 1.79. The van der Waals surface area contributed by atoms with E-state index in [1.807, 2.05) is 25.1 Å². The largest absolute Gasteiger partial charge is 0.479 e. The van der Waals surface area contributed by atoms with Crippen LogP contribution in [0.5, 0.6) is 5.75 Å². The van der Waals surface area contributed by atoms with Gasteiger partial charge in [-0.25, -0.2) is 4.79 Å². The van der Waals surface area contributed by atoms with Gasteiger partial charge in [-0.3, -0.25) is 0 Å². The van der Waals surface area contributed by atoms with Gasteiger partial charge >= 0.3 is 5.97 Å². The van der Waals surface area contributed by atoms with Crippen LogP contribution in [0.15, 0.2) is 18.2 Å². The van der Waals surface area contributed by atoms with Gasteiger partial charge in [-0.15, -0.1) is 0 Å². The summed E-state index contributed by atoms with van der Waals surface area (Å²) in [6.45, 7) is 4.21. The van der Waals surface area contributed by atoms with Crippen molar-refractivity contribution < 1.29 is 14.6 Å². The predicted molar refractivity (Wildman–Crippen MR) is 68.8 cm³/mol. The first kappa shape index (κ1) is 12.9. The van der Waals surface area contributed by atoms with Crippen molar-refractivity contribution >= 4 is 5.97 Å². The second kappa shape index (κ2) is 5.40. The average molecular weight is 249 g/mol. The molecule has 0 amide bonds. The van der Waals surface area contributed by atoms with Gasteiger partial charge in [-0.1, -0.05) is 18.2 Å². The van der Waals surface area contributed by atoms with Crippen LogP contribution < -0.4 is 10.1 Å². The minimum absolute atomic E-state index is 0.621. The molecule has 1 unspecified atom stereocenters. The molecule has 4 nitrogen and oxygen atoms in total. The Labute approximate surface area is 107 Å². The van der Waals surface area contributed by atoms with Gasteiger partial charge in [0.05, 0.1) is 0 Å². The second-order valence-electron chi connectivity index (χ2n) is 4.82. The molecule has 1 aliphatic carbocycles. The quantitative estimate of drug-likeness (QED) is 0.810. The molecule has 0 spiro atoms. The summed E-state index contributed by atoms with van der Waals surface area (Å²) < 4.78 is 5.55. The number of aryl methyl sites for hydroxylation is 1. The lowest BCUT2D eigenvalue weighted by atomic mass is 10.1. The summed E-state index contributed by atoms with van der Waals surface area (Å²) in [4.78, 5) is 10.9. The first-order valence-corrected chi connectivity index (χ1v) is 6.29. The highest BCUT2D eigenvalue weighted by atomic mass is 16.5. The third-order valence-corrected chi connectivity index (χ3v) is 3.09. The molecule has 1 atom stereocenters. The zero-order valence-corrected chi connectivity index (χ0v) is 10.8. The number of hydrogen-bond acceptors (Lipinski definition) is 3. The summed E-state index contributed by atoms with van der Waals surface area (Å²) in [5.74, 6) is -0.250. The molecule has 1 fully saturated rings. The number of aliphatic carboxylic acids is 1. The molecule has 4 heteroatoms. The van der Waals surface area contributed by atoms with Gasteiger partial charge in [0.15, 0.2) is 6.10 Å². The SMILES string of the molecule is Cc1cccc(CNC2CC2)c1OC(C)C(=O)O. The van der Waals surface area contributed by atoms with Crippen LogP contribution in [0.1, 0.15) is 30.9 Å². The summed E-state index contributed by atoms with van der Waals surface area (Å²) in [6.07, 6.45) is 1.63. The Bertz CT molecular complexity index is 441. The molecule has 0 heterocycles. The number of nitrogens with one attached hydrogen (secondary N) is 1. The van der Waals surface area contributed by atoms with Crippen LogP contribution in [0.25, 0.3) is 0 Å². The van der Waals surface area contributed by atoms with E-state index in [9.17, 15) is 4.79 Å². The van der Waals surface area contributed by atoms with Crippen molar-refractivity contribution in [2.75, 3.05) is 0 Å². The Morgan fingerprint density at radius 3 is 2.89 bits per heavy atom. The Kier molecular flexibility index (Phi) is 3.87. The molecule has 2 N–H and O–H groups in total. The number of carboxylic acids is 1. The maximum atomic E-state index is 10.9. The number of hydrogen-bond donors (Lipinski definition) is 2. The Morgan fingerprint density at radius 1 is 1.56 bits per heavy atom. The lowest BCUT2D eigenvalue weighted by Crippen LogP contribution is -2.24. The Balaban J connectivity index is 2.11. The van der Waals surface area contributed by atoms with E-state index in [2.05, 4.69) is 5.32 Å². The van der Waals surface area contributed by atoms with Crippen molar-refractivity contribution in [2.24, 2.45) is 0 Å². The standard InChI is InChI=1S/C14H19NO3/c1-9-4-3-5-11(8-15-12-6-7-12)13(9)18-10(2)14(16)17/h3-5,10,12,15H,6-8H2,1-2H3,(H,16,17). The van der Waals surface area contributed by atoms with Crippen LogP contribution in [0, 0.1) is 6.92 Å². The molecule has 0 saturated heterocycles. The van der Waals surface area contributed by atoms with Crippen molar-refractivity contribution in [3.05, 3.63) is 29.3 Å². The molecule has 1 aromatic rings. The van der Waals surface area contributed by atoms with Crippen molar-refractivity contribution in [1.29, 1.82) is 0 Å². The summed E-state index contributed by atoms with van der Waals surface area (Å²) in [6, 6.07) is 6.50. The lowest BCUT2D eigenvalue weighted by molar-refractivity contribution is -0.144. The second-order valence-corrected chi connectivity index (χ2v) is 4.82. The number of benzene rings is 1. The Hall–Kier alpha value is -1.55. The fraction of sp³-hybridized carbons (Fsp3) is 0.500. The highest BCUT2D eigenvalue weighted by molar-refractivity contribution is 5.72. The van der Waals surface area contributed by atoms with E-state index >= 15 is 0 Å². The molecule has 18 heavy (non-hydrogen) atoms. The minimum Gasteiger partial charge on any atom is -0.479 e. The van der Waals surface area contributed by atoms with Gasteiger partial charge in [0, 0.05) is 18.2 Å². The average Bonchev–Trinajstić information content (AvgIpc) is 3.13.